The van der Waals surface area contributed by atoms with Gasteiger partial charge in [-0.1, -0.05) is 42.5 Å². The van der Waals surface area contributed by atoms with Gasteiger partial charge in [-0.05, 0) is 24.1 Å². The third-order valence-corrected chi connectivity index (χ3v) is 3.66. The van der Waals surface area contributed by atoms with Crippen molar-refractivity contribution in [3.8, 4) is 0 Å². The summed E-state index contributed by atoms with van der Waals surface area (Å²) in [6, 6.07) is 15.9. The zero-order valence-corrected chi connectivity index (χ0v) is 13.7. The van der Waals surface area contributed by atoms with Crippen LogP contribution in [0.5, 0.6) is 0 Å². The zero-order chi connectivity index (χ0) is 17.4. The third kappa shape index (κ3) is 5.19. The van der Waals surface area contributed by atoms with Gasteiger partial charge >= 0.3 is 0 Å². The van der Waals surface area contributed by atoms with Crippen molar-refractivity contribution in [3.05, 3.63) is 66.0 Å². The first-order valence-corrected chi connectivity index (χ1v) is 7.91. The second-order valence-electron chi connectivity index (χ2n) is 5.46. The number of carbonyl (C=O) groups excluding carboxylic acids is 2. The van der Waals surface area contributed by atoms with Crippen molar-refractivity contribution in [1.29, 1.82) is 0 Å². The van der Waals surface area contributed by atoms with Gasteiger partial charge in [-0.25, -0.2) is 4.39 Å². The minimum Gasteiger partial charge on any atom is -0.356 e. The van der Waals surface area contributed by atoms with Crippen LogP contribution in [-0.4, -0.2) is 24.9 Å². The van der Waals surface area contributed by atoms with Crippen LogP contribution in [0, 0.1) is 5.82 Å². The van der Waals surface area contributed by atoms with Crippen molar-refractivity contribution in [3.63, 3.8) is 0 Å². The van der Waals surface area contributed by atoms with E-state index in [1.807, 2.05) is 30.3 Å². The molecule has 0 fully saturated rings. The van der Waals surface area contributed by atoms with Crippen LogP contribution in [-0.2, 0) is 16.0 Å². The van der Waals surface area contributed by atoms with Crippen LogP contribution in [0.1, 0.15) is 18.9 Å². The molecule has 0 aliphatic rings. The molecule has 0 atom stereocenters. The Kier molecular flexibility index (Phi) is 6.49. The number of carbonyl (C=O) groups is 2. The van der Waals surface area contributed by atoms with Gasteiger partial charge in [0.05, 0.1) is 5.69 Å². The molecule has 0 bridgehead atoms. The van der Waals surface area contributed by atoms with Crippen LogP contribution >= 0.6 is 0 Å². The number of hydrogen-bond donors (Lipinski definition) is 1. The van der Waals surface area contributed by atoms with E-state index < -0.39 is 5.82 Å². The summed E-state index contributed by atoms with van der Waals surface area (Å²) in [5.74, 6) is -0.928. The van der Waals surface area contributed by atoms with Crippen LogP contribution in [0.2, 0.25) is 0 Å². The van der Waals surface area contributed by atoms with E-state index in [1.54, 1.807) is 12.1 Å². The smallest absolute Gasteiger partial charge is 0.223 e. The Bertz CT molecular complexity index is 689. The third-order valence-electron chi connectivity index (χ3n) is 3.66. The molecule has 0 radical (unpaired) electrons. The van der Waals surface area contributed by atoms with Gasteiger partial charge in [0, 0.05) is 26.4 Å². The maximum absolute atomic E-state index is 13.8. The van der Waals surface area contributed by atoms with E-state index in [2.05, 4.69) is 5.32 Å². The number of nitrogens with one attached hydrogen (secondary N) is 1. The van der Waals surface area contributed by atoms with Crippen LogP contribution < -0.4 is 10.2 Å². The van der Waals surface area contributed by atoms with Gasteiger partial charge in [-0.2, -0.15) is 0 Å². The van der Waals surface area contributed by atoms with Gasteiger partial charge in [-0.3, -0.25) is 9.59 Å². The summed E-state index contributed by atoms with van der Waals surface area (Å²) in [5.41, 5.74) is 1.34. The minimum absolute atomic E-state index is 0.128. The highest BCUT2D eigenvalue weighted by Gasteiger charge is 2.16. The number of nitrogens with zero attached hydrogens (tertiary/aromatic N) is 1. The van der Waals surface area contributed by atoms with Crippen molar-refractivity contribution in [1.82, 2.24) is 5.32 Å². The first-order valence-electron chi connectivity index (χ1n) is 7.91. The lowest BCUT2D eigenvalue weighted by atomic mass is 10.1. The highest BCUT2D eigenvalue weighted by molar-refractivity contribution is 5.92. The van der Waals surface area contributed by atoms with Crippen LogP contribution in [0.3, 0.4) is 0 Å². The lowest BCUT2D eigenvalue weighted by molar-refractivity contribution is -0.121. The molecule has 0 spiro atoms. The summed E-state index contributed by atoms with van der Waals surface area (Å²) in [6.07, 6.45) is 0.874. The molecular formula is C19H21FN2O2. The summed E-state index contributed by atoms with van der Waals surface area (Å²) in [7, 11) is 0. The molecule has 0 unspecified atom stereocenters. The Balaban J connectivity index is 1.82. The fourth-order valence-electron chi connectivity index (χ4n) is 2.41. The van der Waals surface area contributed by atoms with Gasteiger partial charge in [0.15, 0.2) is 0 Å². The summed E-state index contributed by atoms with van der Waals surface area (Å²) >= 11 is 0. The van der Waals surface area contributed by atoms with E-state index in [-0.39, 0.29) is 30.5 Å². The molecule has 2 aromatic carbocycles. The lowest BCUT2D eigenvalue weighted by Gasteiger charge is -2.21. The number of rotatable bonds is 7. The Labute approximate surface area is 141 Å². The molecule has 0 aliphatic heterocycles. The molecule has 24 heavy (non-hydrogen) atoms. The molecule has 0 heterocycles. The Hall–Kier alpha value is -2.69. The lowest BCUT2D eigenvalue weighted by Crippen LogP contribution is -2.34. The van der Waals surface area contributed by atoms with E-state index in [0.717, 1.165) is 12.0 Å². The predicted molar refractivity (Wildman–Crippen MR) is 92.2 cm³/mol. The first kappa shape index (κ1) is 17.7. The van der Waals surface area contributed by atoms with E-state index in [4.69, 9.17) is 0 Å². The van der Waals surface area contributed by atoms with Gasteiger partial charge in [-0.15, -0.1) is 0 Å². The van der Waals surface area contributed by atoms with Crippen molar-refractivity contribution < 1.29 is 14.0 Å². The van der Waals surface area contributed by atoms with Crippen LogP contribution in [0.15, 0.2) is 54.6 Å². The molecular weight excluding hydrogens is 307 g/mol. The molecule has 0 aliphatic carbocycles. The van der Waals surface area contributed by atoms with Gasteiger partial charge in [0.25, 0.3) is 0 Å². The second-order valence-corrected chi connectivity index (χ2v) is 5.46. The van der Waals surface area contributed by atoms with Crippen LogP contribution in [0.4, 0.5) is 10.1 Å². The fraction of sp³-hybridized carbons (Fsp3) is 0.263. The van der Waals surface area contributed by atoms with Crippen molar-refractivity contribution in [2.75, 3.05) is 18.0 Å². The molecule has 126 valence electrons. The van der Waals surface area contributed by atoms with Gasteiger partial charge in [0.1, 0.15) is 5.82 Å². The number of benzene rings is 2. The highest BCUT2D eigenvalue weighted by atomic mass is 19.1. The number of hydrogen-bond acceptors (Lipinski definition) is 2. The molecule has 2 amide bonds. The maximum atomic E-state index is 13.8. The largest absolute Gasteiger partial charge is 0.356 e. The van der Waals surface area contributed by atoms with E-state index in [1.165, 1.54) is 24.0 Å². The molecule has 0 saturated carbocycles. The van der Waals surface area contributed by atoms with Crippen molar-refractivity contribution >= 4 is 17.5 Å². The summed E-state index contributed by atoms with van der Waals surface area (Å²) in [6.45, 7) is 2.04. The number of para-hydroxylation sites is 1. The molecule has 0 saturated heterocycles. The fourth-order valence-corrected chi connectivity index (χ4v) is 2.41. The average Bonchev–Trinajstić information content (AvgIpc) is 2.57. The zero-order valence-electron chi connectivity index (χ0n) is 13.7. The summed E-state index contributed by atoms with van der Waals surface area (Å²) in [5, 5.41) is 2.82. The van der Waals surface area contributed by atoms with E-state index in [9.17, 15) is 14.0 Å². The molecule has 0 aromatic heterocycles. The standard InChI is InChI=1S/C19H21FN2O2/c1-15(23)22(18-10-6-5-9-17(18)20)14-12-19(24)21-13-11-16-7-3-2-4-8-16/h2-10H,11-14H2,1H3,(H,21,24). The monoisotopic (exact) mass is 328 g/mol. The topological polar surface area (TPSA) is 49.4 Å². The summed E-state index contributed by atoms with van der Waals surface area (Å²) in [4.78, 5) is 25.0. The number of amides is 2. The molecule has 4 nitrogen and oxygen atoms in total. The Morgan fingerprint density at radius 2 is 1.71 bits per heavy atom. The highest BCUT2D eigenvalue weighted by Crippen LogP contribution is 2.19. The summed E-state index contributed by atoms with van der Waals surface area (Å²) < 4.78 is 13.8. The van der Waals surface area contributed by atoms with Gasteiger partial charge in [0.2, 0.25) is 11.8 Å². The maximum Gasteiger partial charge on any atom is 0.223 e. The number of anilines is 1. The number of halogens is 1. The quantitative estimate of drug-likeness (QED) is 0.849. The second kappa shape index (κ2) is 8.82. The molecule has 1 N–H and O–H groups in total. The first-order chi connectivity index (χ1) is 11.6. The molecule has 5 heteroatoms. The average molecular weight is 328 g/mol. The van der Waals surface area contributed by atoms with Gasteiger partial charge < -0.3 is 10.2 Å². The Morgan fingerprint density at radius 1 is 1.04 bits per heavy atom. The molecule has 2 rings (SSSR count). The minimum atomic E-state index is -0.475. The van der Waals surface area contributed by atoms with E-state index in [0.29, 0.717) is 6.54 Å². The molecule has 2 aromatic rings. The van der Waals surface area contributed by atoms with Crippen molar-refractivity contribution in [2.45, 2.75) is 19.8 Å². The predicted octanol–water partition coefficient (Wildman–Crippen LogP) is 2.93. The Morgan fingerprint density at radius 3 is 2.38 bits per heavy atom. The normalized spacial score (nSPS) is 10.2. The SMILES string of the molecule is CC(=O)N(CCC(=O)NCCc1ccccc1)c1ccccc1F. The van der Waals surface area contributed by atoms with Crippen LogP contribution in [0.25, 0.3) is 0 Å². The van der Waals surface area contributed by atoms with Crippen molar-refractivity contribution in [2.24, 2.45) is 0 Å². The van der Waals surface area contributed by atoms with E-state index >= 15 is 0 Å².